The van der Waals surface area contributed by atoms with Crippen LogP contribution < -0.4 is 11.1 Å². The fourth-order valence-electron chi connectivity index (χ4n) is 3.92. The average Bonchev–Trinajstić information content (AvgIpc) is 2.94. The van der Waals surface area contributed by atoms with Crippen LogP contribution in [0.1, 0.15) is 51.4 Å². The van der Waals surface area contributed by atoms with E-state index in [0.717, 1.165) is 16.9 Å². The molecule has 0 bridgehead atoms. The van der Waals surface area contributed by atoms with Crippen LogP contribution in [0, 0.1) is 25.7 Å². The first-order chi connectivity index (χ1) is 14.0. The summed E-state index contributed by atoms with van der Waals surface area (Å²) < 4.78 is 27.5. The Morgan fingerprint density at radius 1 is 1.10 bits per heavy atom. The number of rotatable bonds is 5. The van der Waals surface area contributed by atoms with Crippen LogP contribution in [0.2, 0.25) is 0 Å². The third-order valence-electron chi connectivity index (χ3n) is 5.45. The van der Waals surface area contributed by atoms with Crippen molar-refractivity contribution in [2.24, 2.45) is 17.6 Å². The van der Waals surface area contributed by atoms with Crippen molar-refractivity contribution in [2.45, 2.75) is 39.0 Å². The summed E-state index contributed by atoms with van der Waals surface area (Å²) in [4.78, 5) is 25.4. The van der Waals surface area contributed by atoms with E-state index in [1.807, 2.05) is 6.92 Å². The predicted molar refractivity (Wildman–Crippen MR) is 118 cm³/mol. The van der Waals surface area contributed by atoms with Crippen LogP contribution in [0.25, 0.3) is 0 Å². The van der Waals surface area contributed by atoms with Crippen LogP contribution in [0.15, 0.2) is 29.2 Å². The van der Waals surface area contributed by atoms with E-state index in [4.69, 9.17) is 5.73 Å². The Bertz CT molecular complexity index is 1060. The van der Waals surface area contributed by atoms with Crippen LogP contribution in [0.4, 0.5) is 5.00 Å². The van der Waals surface area contributed by atoms with Gasteiger partial charge in [-0.3, -0.25) is 9.59 Å². The van der Waals surface area contributed by atoms with Crippen LogP contribution in [0.3, 0.4) is 0 Å². The molecule has 0 spiro atoms. The number of nitrogens with two attached hydrogens (primary N) is 1. The van der Waals surface area contributed by atoms with Gasteiger partial charge in [-0.05, 0) is 61.9 Å². The molecule has 1 fully saturated rings. The zero-order valence-electron chi connectivity index (χ0n) is 17.6. The number of thiophene rings is 1. The zero-order chi connectivity index (χ0) is 22.2. The van der Waals surface area contributed by atoms with Gasteiger partial charge in [0.1, 0.15) is 5.00 Å². The van der Waals surface area contributed by atoms with E-state index in [1.165, 1.54) is 39.9 Å². The van der Waals surface area contributed by atoms with E-state index in [0.29, 0.717) is 41.1 Å². The number of aryl methyl sites for hydroxylation is 1. The van der Waals surface area contributed by atoms with Gasteiger partial charge in [-0.25, -0.2) is 8.42 Å². The molecule has 0 aliphatic carbocycles. The van der Waals surface area contributed by atoms with Gasteiger partial charge < -0.3 is 11.1 Å². The molecule has 7 nitrogen and oxygen atoms in total. The average molecular weight is 450 g/mol. The predicted octanol–water partition coefficient (Wildman–Crippen LogP) is 3.38. The number of piperidine rings is 1. The summed E-state index contributed by atoms with van der Waals surface area (Å²) in [5.41, 5.74) is 6.79. The number of amides is 2. The maximum atomic E-state index is 13.0. The first kappa shape index (κ1) is 22.5. The van der Waals surface area contributed by atoms with E-state index in [2.05, 4.69) is 19.2 Å². The number of hydrogen-bond acceptors (Lipinski definition) is 5. The maximum absolute atomic E-state index is 13.0. The number of nitrogens with zero attached hydrogens (tertiary/aromatic N) is 1. The maximum Gasteiger partial charge on any atom is 0.256 e. The van der Waals surface area contributed by atoms with Crippen LogP contribution >= 0.6 is 11.3 Å². The lowest BCUT2D eigenvalue weighted by Crippen LogP contribution is -2.42. The van der Waals surface area contributed by atoms with Gasteiger partial charge in [-0.15, -0.1) is 11.3 Å². The van der Waals surface area contributed by atoms with Gasteiger partial charge in [0.15, 0.2) is 0 Å². The first-order valence-corrected chi connectivity index (χ1v) is 12.1. The molecule has 1 saturated heterocycles. The molecule has 2 heterocycles. The highest BCUT2D eigenvalue weighted by Gasteiger charge is 2.31. The van der Waals surface area contributed by atoms with Crippen molar-refractivity contribution < 1.29 is 18.0 Å². The van der Waals surface area contributed by atoms with Gasteiger partial charge in [-0.2, -0.15) is 4.31 Å². The van der Waals surface area contributed by atoms with Gasteiger partial charge >= 0.3 is 0 Å². The molecular formula is C21H27N3O4S2. The number of carbonyl (C=O) groups is 2. The second kappa shape index (κ2) is 8.49. The lowest BCUT2D eigenvalue weighted by Gasteiger charge is -2.34. The molecule has 3 rings (SSSR count). The smallest absolute Gasteiger partial charge is 0.256 e. The molecule has 2 aromatic rings. The summed E-state index contributed by atoms with van der Waals surface area (Å²) in [5, 5.41) is 3.12. The molecule has 3 N–H and O–H groups in total. The lowest BCUT2D eigenvalue weighted by atomic mass is 9.94. The molecule has 1 aliphatic heterocycles. The van der Waals surface area contributed by atoms with E-state index < -0.39 is 21.8 Å². The van der Waals surface area contributed by atoms with Gasteiger partial charge in [0, 0.05) is 23.5 Å². The third-order valence-corrected chi connectivity index (χ3v) is 8.42. The molecule has 1 aromatic heterocycles. The lowest BCUT2D eigenvalue weighted by molar-refractivity contribution is 0.100. The highest BCUT2D eigenvalue weighted by molar-refractivity contribution is 7.89. The number of benzene rings is 1. The minimum atomic E-state index is -3.61. The fraction of sp³-hybridized carbons (Fsp3) is 0.429. The van der Waals surface area contributed by atoms with Crippen LogP contribution in [-0.4, -0.2) is 37.6 Å². The Kier molecular flexibility index (Phi) is 6.35. The molecule has 162 valence electrons. The monoisotopic (exact) mass is 449 g/mol. The minimum Gasteiger partial charge on any atom is -0.365 e. The Hall–Kier alpha value is -2.23. The molecular weight excluding hydrogens is 422 g/mol. The van der Waals surface area contributed by atoms with Crippen molar-refractivity contribution in [3.8, 4) is 0 Å². The third kappa shape index (κ3) is 4.43. The van der Waals surface area contributed by atoms with Gasteiger partial charge in [0.25, 0.3) is 11.8 Å². The molecule has 30 heavy (non-hydrogen) atoms. The number of sulfonamides is 1. The van der Waals surface area contributed by atoms with Crippen molar-refractivity contribution in [1.29, 1.82) is 0 Å². The van der Waals surface area contributed by atoms with E-state index >= 15 is 0 Å². The number of primary amides is 1. The molecule has 1 aromatic carbocycles. The van der Waals surface area contributed by atoms with Crippen molar-refractivity contribution >= 4 is 38.2 Å². The molecule has 2 unspecified atom stereocenters. The molecule has 2 atom stereocenters. The Labute approximate surface area is 181 Å². The molecule has 9 heteroatoms. The van der Waals surface area contributed by atoms with Crippen molar-refractivity contribution in [3.05, 3.63) is 45.8 Å². The second-order valence-electron chi connectivity index (χ2n) is 8.10. The van der Waals surface area contributed by atoms with Gasteiger partial charge in [0.05, 0.1) is 10.5 Å². The SMILES string of the molecule is Cc1sc(NC(=O)c2ccc(S(=O)(=O)N3CC(C)CC(C)C3)cc2)c(C(N)=O)c1C. The van der Waals surface area contributed by atoms with E-state index in [9.17, 15) is 18.0 Å². The summed E-state index contributed by atoms with van der Waals surface area (Å²) in [6, 6.07) is 5.87. The van der Waals surface area contributed by atoms with Crippen molar-refractivity contribution in [2.75, 3.05) is 18.4 Å². The number of hydrogen-bond donors (Lipinski definition) is 2. The summed E-state index contributed by atoms with van der Waals surface area (Å²) in [6.07, 6.45) is 1.01. The number of nitrogens with one attached hydrogen (secondary N) is 1. The largest absolute Gasteiger partial charge is 0.365 e. The van der Waals surface area contributed by atoms with E-state index in [-0.39, 0.29) is 4.90 Å². The standard InChI is InChI=1S/C21H27N3O4S2/c1-12-9-13(2)11-24(10-12)30(27,28)17-7-5-16(6-8-17)20(26)23-21-18(19(22)25)14(3)15(4)29-21/h5-8,12-13H,9-11H2,1-4H3,(H2,22,25)(H,23,26). The summed E-state index contributed by atoms with van der Waals surface area (Å²) >= 11 is 1.28. The minimum absolute atomic E-state index is 0.168. The summed E-state index contributed by atoms with van der Waals surface area (Å²) in [5.74, 6) is -0.405. The van der Waals surface area contributed by atoms with Gasteiger partial charge in [-0.1, -0.05) is 13.8 Å². The quantitative estimate of drug-likeness (QED) is 0.729. The van der Waals surface area contributed by atoms with Crippen LogP contribution in [0.5, 0.6) is 0 Å². The first-order valence-electron chi connectivity index (χ1n) is 9.82. The summed E-state index contributed by atoms with van der Waals surface area (Å²) in [6.45, 7) is 8.75. The highest BCUT2D eigenvalue weighted by atomic mass is 32.2. The number of carbonyl (C=O) groups excluding carboxylic acids is 2. The van der Waals surface area contributed by atoms with Crippen molar-refractivity contribution in [3.63, 3.8) is 0 Å². The molecule has 0 radical (unpaired) electrons. The van der Waals surface area contributed by atoms with E-state index in [1.54, 1.807) is 6.92 Å². The Morgan fingerprint density at radius 2 is 1.67 bits per heavy atom. The summed E-state index contributed by atoms with van der Waals surface area (Å²) in [7, 11) is -3.61. The van der Waals surface area contributed by atoms with Crippen LogP contribution in [-0.2, 0) is 10.0 Å². The normalized spacial score (nSPS) is 20.1. The Morgan fingerprint density at radius 3 is 2.20 bits per heavy atom. The molecule has 2 amide bonds. The molecule has 0 saturated carbocycles. The second-order valence-corrected chi connectivity index (χ2v) is 11.3. The number of anilines is 1. The topological polar surface area (TPSA) is 110 Å². The van der Waals surface area contributed by atoms with Crippen molar-refractivity contribution in [1.82, 2.24) is 4.31 Å². The fourth-order valence-corrected chi connectivity index (χ4v) is 6.66. The molecule has 1 aliphatic rings. The van der Waals surface area contributed by atoms with Gasteiger partial charge in [0.2, 0.25) is 10.0 Å². The zero-order valence-corrected chi connectivity index (χ0v) is 19.2. The highest BCUT2D eigenvalue weighted by Crippen LogP contribution is 2.32. The Balaban J connectivity index is 1.80.